The number of nitrogens with zero attached hydrogens (tertiary/aromatic N) is 2. The first-order valence-electron chi connectivity index (χ1n) is 5.09. The summed E-state index contributed by atoms with van der Waals surface area (Å²) >= 11 is 0. The molecular formula is C10H12N4O. The van der Waals surface area contributed by atoms with Gasteiger partial charge in [0.15, 0.2) is 5.58 Å². The molecule has 1 atom stereocenters. The van der Waals surface area contributed by atoms with Gasteiger partial charge in [-0.15, -0.1) is 0 Å². The van der Waals surface area contributed by atoms with E-state index in [-0.39, 0.29) is 0 Å². The van der Waals surface area contributed by atoms with Crippen molar-refractivity contribution in [2.24, 2.45) is 0 Å². The largest absolute Gasteiger partial charge is 0.366 e. The molecule has 5 heteroatoms. The van der Waals surface area contributed by atoms with Crippen molar-refractivity contribution in [3.63, 3.8) is 0 Å². The van der Waals surface area contributed by atoms with E-state index < -0.39 is 0 Å². The van der Waals surface area contributed by atoms with Crippen LogP contribution >= 0.6 is 0 Å². The van der Waals surface area contributed by atoms with Crippen molar-refractivity contribution in [2.75, 3.05) is 18.4 Å². The van der Waals surface area contributed by atoms with Crippen molar-refractivity contribution < 1.29 is 4.52 Å². The van der Waals surface area contributed by atoms with Crippen molar-refractivity contribution in [1.82, 2.24) is 15.5 Å². The molecule has 0 saturated carbocycles. The third-order valence-electron chi connectivity index (χ3n) is 2.65. The van der Waals surface area contributed by atoms with Gasteiger partial charge in [-0.1, -0.05) is 5.16 Å². The molecule has 0 aliphatic carbocycles. The average Bonchev–Trinajstić information content (AvgIpc) is 2.87. The molecule has 2 N–H and O–H groups in total. The molecule has 1 saturated heterocycles. The van der Waals surface area contributed by atoms with Gasteiger partial charge >= 0.3 is 0 Å². The Morgan fingerprint density at radius 2 is 2.47 bits per heavy atom. The zero-order valence-corrected chi connectivity index (χ0v) is 8.23. The van der Waals surface area contributed by atoms with Crippen LogP contribution in [0.2, 0.25) is 0 Å². The Morgan fingerprint density at radius 3 is 3.33 bits per heavy atom. The van der Waals surface area contributed by atoms with E-state index in [0.717, 1.165) is 36.3 Å². The number of nitrogens with one attached hydrogen (secondary N) is 2. The van der Waals surface area contributed by atoms with Crippen molar-refractivity contribution in [3.8, 4) is 0 Å². The summed E-state index contributed by atoms with van der Waals surface area (Å²) in [4.78, 5) is 4.30. The molecule has 1 unspecified atom stereocenters. The molecule has 2 aromatic rings. The standard InChI is InChI=1S/C10H12N4O/c1-2-11-6-8(1)14-10-3-9-7(4-12-10)5-13-15-9/h3-5,8,11H,1-2,6H2,(H,12,14). The third-order valence-corrected chi connectivity index (χ3v) is 2.65. The first kappa shape index (κ1) is 8.67. The highest BCUT2D eigenvalue weighted by molar-refractivity contribution is 5.77. The summed E-state index contributed by atoms with van der Waals surface area (Å²) in [6.07, 6.45) is 4.58. The second-order valence-corrected chi connectivity index (χ2v) is 3.77. The van der Waals surface area contributed by atoms with E-state index in [4.69, 9.17) is 4.52 Å². The predicted octanol–water partition coefficient (Wildman–Crippen LogP) is 0.997. The molecule has 0 bridgehead atoms. The van der Waals surface area contributed by atoms with Gasteiger partial charge in [-0.2, -0.15) is 0 Å². The monoisotopic (exact) mass is 204 g/mol. The molecule has 3 rings (SSSR count). The molecule has 2 aromatic heterocycles. The summed E-state index contributed by atoms with van der Waals surface area (Å²) in [6.45, 7) is 2.07. The maximum absolute atomic E-state index is 5.08. The molecule has 15 heavy (non-hydrogen) atoms. The number of hydrogen-bond donors (Lipinski definition) is 2. The first-order valence-corrected chi connectivity index (χ1v) is 5.09. The van der Waals surface area contributed by atoms with Gasteiger partial charge in [0.1, 0.15) is 5.82 Å². The molecule has 3 heterocycles. The Hall–Kier alpha value is -1.62. The summed E-state index contributed by atoms with van der Waals surface area (Å²) in [7, 11) is 0. The molecular weight excluding hydrogens is 192 g/mol. The van der Waals surface area contributed by atoms with E-state index in [2.05, 4.69) is 20.8 Å². The Bertz CT molecular complexity index is 461. The number of anilines is 1. The Balaban J connectivity index is 1.84. The highest BCUT2D eigenvalue weighted by Gasteiger charge is 2.14. The van der Waals surface area contributed by atoms with E-state index >= 15 is 0 Å². The molecule has 0 amide bonds. The molecule has 78 valence electrons. The van der Waals surface area contributed by atoms with Gasteiger partial charge in [0.25, 0.3) is 0 Å². The van der Waals surface area contributed by atoms with E-state index in [1.54, 1.807) is 12.4 Å². The van der Waals surface area contributed by atoms with Crippen LogP contribution in [0.5, 0.6) is 0 Å². The Morgan fingerprint density at radius 1 is 1.47 bits per heavy atom. The predicted molar refractivity (Wildman–Crippen MR) is 56.7 cm³/mol. The minimum Gasteiger partial charge on any atom is -0.366 e. The molecule has 1 aliphatic heterocycles. The minimum atomic E-state index is 0.470. The number of pyridine rings is 1. The normalized spacial score (nSPS) is 20.9. The lowest BCUT2D eigenvalue weighted by atomic mass is 10.2. The number of hydrogen-bond acceptors (Lipinski definition) is 5. The smallest absolute Gasteiger partial charge is 0.172 e. The average molecular weight is 204 g/mol. The van der Waals surface area contributed by atoms with Crippen LogP contribution in [0.3, 0.4) is 0 Å². The van der Waals surface area contributed by atoms with Crippen LogP contribution in [0.15, 0.2) is 23.0 Å². The lowest BCUT2D eigenvalue weighted by molar-refractivity contribution is 0.456. The van der Waals surface area contributed by atoms with Gasteiger partial charge < -0.3 is 15.2 Å². The van der Waals surface area contributed by atoms with Crippen LogP contribution in [0.4, 0.5) is 5.82 Å². The number of aromatic nitrogens is 2. The quantitative estimate of drug-likeness (QED) is 0.764. The Labute approximate surface area is 86.9 Å². The minimum absolute atomic E-state index is 0.470. The summed E-state index contributed by atoms with van der Waals surface area (Å²) in [5.41, 5.74) is 0.776. The third kappa shape index (κ3) is 1.66. The molecule has 1 fully saturated rings. The first-order chi connectivity index (χ1) is 7.42. The van der Waals surface area contributed by atoms with E-state index in [1.165, 1.54) is 0 Å². The van der Waals surface area contributed by atoms with Crippen molar-refractivity contribution in [2.45, 2.75) is 12.5 Å². The van der Waals surface area contributed by atoms with Gasteiger partial charge in [-0.25, -0.2) is 4.98 Å². The second kappa shape index (κ2) is 3.51. The maximum atomic E-state index is 5.08. The van der Waals surface area contributed by atoms with Crippen molar-refractivity contribution in [3.05, 3.63) is 18.5 Å². The highest BCUT2D eigenvalue weighted by Crippen LogP contribution is 2.17. The van der Waals surface area contributed by atoms with E-state index in [9.17, 15) is 0 Å². The van der Waals surface area contributed by atoms with Gasteiger partial charge in [0.05, 0.1) is 11.6 Å². The van der Waals surface area contributed by atoms with Crippen molar-refractivity contribution in [1.29, 1.82) is 0 Å². The SMILES string of the molecule is c1noc2cc(NC3CCNC3)ncc12. The van der Waals surface area contributed by atoms with Crippen molar-refractivity contribution >= 4 is 16.8 Å². The fraction of sp³-hybridized carbons (Fsp3) is 0.400. The molecule has 1 aliphatic rings. The van der Waals surface area contributed by atoms with Crippen LogP contribution in [0, 0.1) is 0 Å². The van der Waals surface area contributed by atoms with Crippen LogP contribution in [-0.2, 0) is 0 Å². The van der Waals surface area contributed by atoms with Gasteiger partial charge in [-0.3, -0.25) is 0 Å². The van der Waals surface area contributed by atoms with Crippen LogP contribution in [-0.4, -0.2) is 29.3 Å². The summed E-state index contributed by atoms with van der Waals surface area (Å²) in [6, 6.07) is 2.36. The lowest BCUT2D eigenvalue weighted by Gasteiger charge is -2.10. The summed E-state index contributed by atoms with van der Waals surface area (Å²) in [5, 5.41) is 11.3. The summed E-state index contributed by atoms with van der Waals surface area (Å²) in [5.74, 6) is 0.855. The van der Waals surface area contributed by atoms with Crippen LogP contribution in [0.1, 0.15) is 6.42 Å². The van der Waals surface area contributed by atoms with E-state index in [1.807, 2.05) is 6.07 Å². The zero-order valence-electron chi connectivity index (χ0n) is 8.23. The van der Waals surface area contributed by atoms with Crippen LogP contribution in [0.25, 0.3) is 11.0 Å². The lowest BCUT2D eigenvalue weighted by Crippen LogP contribution is -2.22. The Kier molecular flexibility index (Phi) is 2.03. The van der Waals surface area contributed by atoms with Gasteiger partial charge in [-0.05, 0) is 13.0 Å². The molecule has 0 radical (unpaired) electrons. The fourth-order valence-corrected chi connectivity index (χ4v) is 1.83. The van der Waals surface area contributed by atoms with Gasteiger partial charge in [0.2, 0.25) is 0 Å². The molecule has 5 nitrogen and oxygen atoms in total. The van der Waals surface area contributed by atoms with Gasteiger partial charge in [0, 0.05) is 24.8 Å². The van der Waals surface area contributed by atoms with E-state index in [0.29, 0.717) is 6.04 Å². The number of fused-ring (bicyclic) bond motifs is 1. The fourth-order valence-electron chi connectivity index (χ4n) is 1.83. The zero-order chi connectivity index (χ0) is 10.1. The molecule has 0 spiro atoms. The highest BCUT2D eigenvalue weighted by atomic mass is 16.5. The van der Waals surface area contributed by atoms with Crippen LogP contribution < -0.4 is 10.6 Å². The number of rotatable bonds is 2. The molecule has 0 aromatic carbocycles. The second-order valence-electron chi connectivity index (χ2n) is 3.77. The topological polar surface area (TPSA) is 63.0 Å². The summed E-state index contributed by atoms with van der Waals surface area (Å²) < 4.78 is 5.08. The maximum Gasteiger partial charge on any atom is 0.172 e.